The molecule has 0 aliphatic carbocycles. The van der Waals surface area contributed by atoms with Crippen LogP contribution in [0.15, 0.2) is 41.7 Å². The van der Waals surface area contributed by atoms with Crippen LogP contribution in [-0.4, -0.2) is 40.8 Å². The van der Waals surface area contributed by atoms with Crippen LogP contribution in [0.1, 0.15) is 39.5 Å². The zero-order valence-corrected chi connectivity index (χ0v) is 16.4. The number of hydrogen-bond acceptors (Lipinski definition) is 5. The molecule has 0 unspecified atom stereocenters. The van der Waals surface area contributed by atoms with E-state index in [0.29, 0.717) is 35.1 Å². The highest BCUT2D eigenvalue weighted by molar-refractivity contribution is 6.17. The summed E-state index contributed by atoms with van der Waals surface area (Å²) in [5.74, 6) is -0.650. The van der Waals surface area contributed by atoms with Crippen LogP contribution in [0.25, 0.3) is 10.9 Å². The minimum absolute atomic E-state index is 0.119. The van der Waals surface area contributed by atoms with Crippen LogP contribution < -0.4 is 0 Å². The molecule has 0 saturated heterocycles. The quantitative estimate of drug-likeness (QED) is 0.543. The molecule has 1 N–H and O–H groups in total. The molecular weight excluding hydrogens is 373 g/mol. The lowest BCUT2D eigenvalue weighted by Crippen LogP contribution is -2.17. The van der Waals surface area contributed by atoms with Crippen LogP contribution in [0, 0.1) is 5.82 Å². The molecule has 2 heterocycles. The van der Waals surface area contributed by atoms with E-state index in [0.717, 1.165) is 16.7 Å². The van der Waals surface area contributed by atoms with Crippen molar-refractivity contribution in [2.75, 3.05) is 14.2 Å². The van der Waals surface area contributed by atoms with E-state index < -0.39 is 0 Å². The van der Waals surface area contributed by atoms with Gasteiger partial charge in [0.2, 0.25) is 0 Å². The predicted molar refractivity (Wildman–Crippen MR) is 108 cm³/mol. The molecule has 29 heavy (non-hydrogen) atoms. The molecular formula is C22H20FN3O3. The van der Waals surface area contributed by atoms with Gasteiger partial charge in [0.25, 0.3) is 5.91 Å². The molecule has 0 fully saturated rings. The van der Waals surface area contributed by atoms with Crippen LogP contribution in [-0.2, 0) is 17.8 Å². The highest BCUT2D eigenvalue weighted by Gasteiger charge is 2.33. The van der Waals surface area contributed by atoms with Gasteiger partial charge in [-0.3, -0.25) is 9.78 Å². The largest absolute Gasteiger partial charge is 0.505 e. The van der Waals surface area contributed by atoms with E-state index in [2.05, 4.69) is 10.1 Å². The summed E-state index contributed by atoms with van der Waals surface area (Å²) < 4.78 is 13.2. The van der Waals surface area contributed by atoms with Crippen LogP contribution in [0.3, 0.4) is 0 Å². The maximum Gasteiger partial charge on any atom is 0.258 e. The molecule has 0 spiro atoms. The highest BCUT2D eigenvalue weighted by Crippen LogP contribution is 2.39. The molecule has 7 heteroatoms. The minimum atomic E-state index is -0.284. The zero-order valence-electron chi connectivity index (χ0n) is 16.4. The highest BCUT2D eigenvalue weighted by atomic mass is 19.1. The van der Waals surface area contributed by atoms with Crippen LogP contribution >= 0.6 is 0 Å². The number of nitrogens with zero attached hydrogens (tertiary/aromatic N) is 3. The van der Waals surface area contributed by atoms with Crippen molar-refractivity contribution in [2.24, 2.45) is 5.16 Å². The smallest absolute Gasteiger partial charge is 0.258 e. The maximum absolute atomic E-state index is 13.2. The summed E-state index contributed by atoms with van der Waals surface area (Å²) in [5.41, 5.74) is 4.49. The summed E-state index contributed by atoms with van der Waals surface area (Å²) in [6, 6.07) is 8.23. The minimum Gasteiger partial charge on any atom is -0.505 e. The fraction of sp³-hybridized carbons (Fsp3) is 0.227. The second-order valence-corrected chi connectivity index (χ2v) is 7.14. The number of rotatable bonds is 4. The third-order valence-corrected chi connectivity index (χ3v) is 5.15. The summed E-state index contributed by atoms with van der Waals surface area (Å²) in [6.07, 6.45) is 2.22. The molecule has 1 aromatic heterocycles. The molecule has 0 saturated carbocycles. The molecule has 1 aliphatic heterocycles. The summed E-state index contributed by atoms with van der Waals surface area (Å²) in [5, 5.41) is 15.5. The van der Waals surface area contributed by atoms with Gasteiger partial charge >= 0.3 is 0 Å². The lowest BCUT2D eigenvalue weighted by Gasteiger charge is -2.14. The summed E-state index contributed by atoms with van der Waals surface area (Å²) >= 11 is 0. The number of carbonyl (C=O) groups is 1. The molecule has 148 valence electrons. The van der Waals surface area contributed by atoms with E-state index in [4.69, 9.17) is 4.84 Å². The first-order valence-corrected chi connectivity index (χ1v) is 9.15. The number of aromatic nitrogens is 1. The number of hydrogen-bond donors (Lipinski definition) is 1. The second kappa shape index (κ2) is 7.16. The first kappa shape index (κ1) is 18.9. The summed E-state index contributed by atoms with van der Waals surface area (Å²) in [6.45, 7) is 2.16. The number of pyridine rings is 1. The number of carbonyl (C=O) groups excluding carboxylic acids is 1. The molecule has 0 radical (unpaired) electrons. The van der Waals surface area contributed by atoms with Gasteiger partial charge in [0.1, 0.15) is 18.4 Å². The monoisotopic (exact) mass is 393 g/mol. The van der Waals surface area contributed by atoms with Crippen molar-refractivity contribution in [2.45, 2.75) is 19.9 Å². The Morgan fingerprint density at radius 1 is 1.31 bits per heavy atom. The average molecular weight is 393 g/mol. The number of benzene rings is 2. The summed E-state index contributed by atoms with van der Waals surface area (Å²) in [4.78, 5) is 23.5. The van der Waals surface area contributed by atoms with Crippen LogP contribution in [0.4, 0.5) is 4.39 Å². The third-order valence-electron chi connectivity index (χ3n) is 5.15. The third kappa shape index (κ3) is 3.18. The maximum atomic E-state index is 13.2. The number of fused-ring (bicyclic) bond motifs is 2. The van der Waals surface area contributed by atoms with Gasteiger partial charge in [-0.1, -0.05) is 17.3 Å². The standard InChI is InChI=1S/C22H20FN3O3/c1-12(25-29-3)18-16-9-14(8-13-4-6-15(23)7-5-13)10-24-20(16)21(27)19-17(18)11-26(2)22(19)28/h4-7,9-10,27H,8,11H2,1-3H3/b25-12+. The fourth-order valence-electron chi connectivity index (χ4n) is 3.85. The Hall–Kier alpha value is -3.48. The molecule has 6 nitrogen and oxygen atoms in total. The van der Waals surface area contributed by atoms with Gasteiger partial charge in [-0.25, -0.2) is 4.39 Å². The topological polar surface area (TPSA) is 75.0 Å². The van der Waals surface area contributed by atoms with E-state index in [1.165, 1.54) is 19.2 Å². The van der Waals surface area contributed by atoms with Crippen molar-refractivity contribution < 1.29 is 19.1 Å². The first-order chi connectivity index (χ1) is 13.9. The van der Waals surface area contributed by atoms with Crippen molar-refractivity contribution in [1.82, 2.24) is 9.88 Å². The van der Waals surface area contributed by atoms with E-state index in [9.17, 15) is 14.3 Å². The molecule has 0 bridgehead atoms. The Labute approximate surface area is 167 Å². The molecule has 3 aromatic rings. The van der Waals surface area contributed by atoms with Crippen molar-refractivity contribution in [3.63, 3.8) is 0 Å². The Balaban J connectivity index is 1.93. The second-order valence-electron chi connectivity index (χ2n) is 7.14. The number of aromatic hydroxyl groups is 1. The van der Waals surface area contributed by atoms with Gasteiger partial charge in [0.15, 0.2) is 5.75 Å². The summed E-state index contributed by atoms with van der Waals surface area (Å²) in [7, 11) is 3.15. The number of phenolic OH excluding ortho intramolecular Hbond substituents is 1. The Kier molecular flexibility index (Phi) is 4.66. The SMILES string of the molecule is CO/N=C(\C)c1c2c(c(O)c3ncc(Cc4ccc(F)cc4)cc13)C(=O)N(C)C2. The first-order valence-electron chi connectivity index (χ1n) is 9.15. The molecule has 1 amide bonds. The van der Waals surface area contributed by atoms with Crippen molar-refractivity contribution in [3.8, 4) is 5.75 Å². The Morgan fingerprint density at radius 2 is 2.03 bits per heavy atom. The lowest BCUT2D eigenvalue weighted by molar-refractivity contribution is 0.0814. The number of phenols is 1. The van der Waals surface area contributed by atoms with Gasteiger partial charge < -0.3 is 14.8 Å². The Morgan fingerprint density at radius 3 is 2.72 bits per heavy atom. The van der Waals surface area contributed by atoms with Crippen molar-refractivity contribution >= 4 is 22.5 Å². The number of halogens is 1. The Bertz CT molecular complexity index is 1160. The lowest BCUT2D eigenvalue weighted by atomic mass is 9.92. The van der Waals surface area contributed by atoms with Crippen molar-refractivity contribution in [3.05, 3.63) is 70.2 Å². The van der Waals surface area contributed by atoms with E-state index in [1.807, 2.05) is 6.07 Å². The number of amides is 1. The van der Waals surface area contributed by atoms with E-state index in [1.54, 1.807) is 37.2 Å². The van der Waals surface area contributed by atoms with Crippen LogP contribution in [0.2, 0.25) is 0 Å². The van der Waals surface area contributed by atoms with Gasteiger partial charge in [-0.2, -0.15) is 0 Å². The predicted octanol–water partition coefficient (Wildman–Crippen LogP) is 3.63. The van der Waals surface area contributed by atoms with E-state index >= 15 is 0 Å². The van der Waals surface area contributed by atoms with Gasteiger partial charge in [-0.15, -0.1) is 0 Å². The van der Waals surface area contributed by atoms with Gasteiger partial charge in [0, 0.05) is 30.7 Å². The van der Waals surface area contributed by atoms with Crippen LogP contribution in [0.5, 0.6) is 5.75 Å². The van der Waals surface area contributed by atoms with Crippen molar-refractivity contribution in [1.29, 1.82) is 0 Å². The van der Waals surface area contributed by atoms with Gasteiger partial charge in [0.05, 0.1) is 11.3 Å². The average Bonchev–Trinajstić information content (AvgIpc) is 2.98. The molecule has 4 rings (SSSR count). The molecule has 0 atom stereocenters. The fourth-order valence-corrected chi connectivity index (χ4v) is 3.85. The van der Waals surface area contributed by atoms with Gasteiger partial charge in [-0.05, 0) is 48.2 Å². The normalized spacial score (nSPS) is 13.9. The van der Waals surface area contributed by atoms with E-state index in [-0.39, 0.29) is 23.0 Å². The number of oxime groups is 1. The molecule has 1 aliphatic rings. The molecule has 2 aromatic carbocycles. The zero-order chi connectivity index (χ0) is 20.7.